The molecule has 0 saturated heterocycles. The van der Waals surface area contributed by atoms with Gasteiger partial charge in [0.25, 0.3) is 0 Å². The highest BCUT2D eigenvalue weighted by molar-refractivity contribution is 5.69. The van der Waals surface area contributed by atoms with Gasteiger partial charge in [-0.25, -0.2) is 0 Å². The number of ether oxygens (including phenoxy) is 1. The summed E-state index contributed by atoms with van der Waals surface area (Å²) in [5.41, 5.74) is 0. The SMILES string of the molecule is CC(C)OC(C)C(=O)[O-]. The lowest BCUT2D eigenvalue weighted by Gasteiger charge is -2.15. The van der Waals surface area contributed by atoms with Crippen LogP contribution in [-0.2, 0) is 9.53 Å². The summed E-state index contributed by atoms with van der Waals surface area (Å²) in [5.74, 6) is -1.16. The van der Waals surface area contributed by atoms with Gasteiger partial charge in [-0.3, -0.25) is 0 Å². The van der Waals surface area contributed by atoms with Crippen LogP contribution in [0.15, 0.2) is 0 Å². The van der Waals surface area contributed by atoms with Crippen LogP contribution in [0.3, 0.4) is 0 Å². The Bertz CT molecular complexity index is 98.5. The first-order valence-corrected chi connectivity index (χ1v) is 2.90. The number of hydrogen-bond donors (Lipinski definition) is 0. The molecule has 0 heterocycles. The van der Waals surface area contributed by atoms with Crippen LogP contribution in [0, 0.1) is 0 Å². The van der Waals surface area contributed by atoms with Gasteiger partial charge in [0.05, 0.1) is 18.2 Å². The minimum Gasteiger partial charge on any atom is -0.547 e. The van der Waals surface area contributed by atoms with E-state index in [2.05, 4.69) is 0 Å². The first-order valence-electron chi connectivity index (χ1n) is 2.90. The van der Waals surface area contributed by atoms with Crippen LogP contribution in [0.2, 0.25) is 0 Å². The summed E-state index contributed by atoms with van der Waals surface area (Å²) in [6, 6.07) is 0. The second kappa shape index (κ2) is 3.45. The normalized spacial score (nSPS) is 13.8. The summed E-state index contributed by atoms with van der Waals surface area (Å²) in [5, 5.41) is 10.00. The molecule has 1 unspecified atom stereocenters. The predicted octanol–water partition coefficient (Wildman–Crippen LogP) is -0.450. The van der Waals surface area contributed by atoms with E-state index in [1.165, 1.54) is 6.92 Å². The van der Waals surface area contributed by atoms with Crippen LogP contribution in [0.1, 0.15) is 20.8 Å². The van der Waals surface area contributed by atoms with Crippen molar-refractivity contribution in [3.63, 3.8) is 0 Å². The molecule has 0 spiro atoms. The fraction of sp³-hybridized carbons (Fsp3) is 0.833. The van der Waals surface area contributed by atoms with Crippen molar-refractivity contribution in [1.29, 1.82) is 0 Å². The van der Waals surface area contributed by atoms with E-state index in [9.17, 15) is 9.90 Å². The van der Waals surface area contributed by atoms with Gasteiger partial charge in [-0.1, -0.05) is 0 Å². The average molecular weight is 131 g/mol. The Morgan fingerprint density at radius 3 is 2.00 bits per heavy atom. The number of carbonyl (C=O) groups excluding carboxylic acids is 1. The fourth-order valence-corrected chi connectivity index (χ4v) is 0.464. The monoisotopic (exact) mass is 131 g/mol. The quantitative estimate of drug-likeness (QED) is 0.521. The Morgan fingerprint density at radius 1 is 1.44 bits per heavy atom. The smallest absolute Gasteiger partial charge is 0.0943 e. The van der Waals surface area contributed by atoms with Crippen LogP contribution < -0.4 is 5.11 Å². The van der Waals surface area contributed by atoms with Gasteiger partial charge in [0.1, 0.15) is 0 Å². The van der Waals surface area contributed by atoms with Crippen molar-refractivity contribution in [3.8, 4) is 0 Å². The molecule has 0 radical (unpaired) electrons. The lowest BCUT2D eigenvalue weighted by atomic mass is 10.4. The molecule has 0 aromatic heterocycles. The lowest BCUT2D eigenvalue weighted by molar-refractivity contribution is -0.317. The zero-order chi connectivity index (χ0) is 7.44. The van der Waals surface area contributed by atoms with Gasteiger partial charge in [0.2, 0.25) is 0 Å². The molecular formula is C6H11O3-. The molecule has 0 aromatic carbocycles. The van der Waals surface area contributed by atoms with Gasteiger partial charge >= 0.3 is 0 Å². The highest BCUT2D eigenvalue weighted by Crippen LogP contribution is 1.94. The second-order valence-electron chi connectivity index (χ2n) is 2.15. The van der Waals surface area contributed by atoms with Gasteiger partial charge in [-0.15, -0.1) is 0 Å². The number of hydrogen-bond acceptors (Lipinski definition) is 3. The van der Waals surface area contributed by atoms with E-state index < -0.39 is 12.1 Å². The summed E-state index contributed by atoms with van der Waals surface area (Å²) in [4.78, 5) is 10.00. The topological polar surface area (TPSA) is 49.4 Å². The maximum Gasteiger partial charge on any atom is 0.0943 e. The molecule has 0 aliphatic rings. The van der Waals surface area contributed by atoms with Gasteiger partial charge in [0, 0.05) is 0 Å². The summed E-state index contributed by atoms with van der Waals surface area (Å²) in [7, 11) is 0. The van der Waals surface area contributed by atoms with Gasteiger partial charge < -0.3 is 14.6 Å². The largest absolute Gasteiger partial charge is 0.547 e. The number of carboxylic acid groups (broad SMARTS) is 1. The van der Waals surface area contributed by atoms with E-state index in [1.54, 1.807) is 13.8 Å². The van der Waals surface area contributed by atoms with Crippen molar-refractivity contribution in [3.05, 3.63) is 0 Å². The maximum atomic E-state index is 10.00. The fourth-order valence-electron chi connectivity index (χ4n) is 0.464. The van der Waals surface area contributed by atoms with Crippen molar-refractivity contribution in [2.24, 2.45) is 0 Å². The molecular weight excluding hydrogens is 120 g/mol. The molecule has 0 aromatic rings. The van der Waals surface area contributed by atoms with E-state index in [4.69, 9.17) is 4.74 Å². The molecule has 54 valence electrons. The minimum absolute atomic E-state index is 0.0575. The third kappa shape index (κ3) is 3.97. The summed E-state index contributed by atoms with van der Waals surface area (Å²) >= 11 is 0. The van der Waals surface area contributed by atoms with Gasteiger partial charge in [0.15, 0.2) is 0 Å². The zero-order valence-corrected chi connectivity index (χ0v) is 5.88. The summed E-state index contributed by atoms with van der Waals surface area (Å²) < 4.78 is 4.85. The number of rotatable bonds is 3. The van der Waals surface area contributed by atoms with Gasteiger partial charge in [-0.05, 0) is 20.8 Å². The number of carboxylic acids is 1. The molecule has 0 amide bonds. The Balaban J connectivity index is 3.50. The molecule has 0 aliphatic carbocycles. The van der Waals surface area contributed by atoms with Gasteiger partial charge in [-0.2, -0.15) is 0 Å². The number of aliphatic carboxylic acids is 1. The Morgan fingerprint density at radius 2 is 1.89 bits per heavy atom. The maximum absolute atomic E-state index is 10.00. The standard InChI is InChI=1S/C6H12O3/c1-4(2)9-5(3)6(7)8/h4-5H,1-3H3,(H,7,8)/p-1. The van der Waals surface area contributed by atoms with E-state index in [0.29, 0.717) is 0 Å². The first-order chi connectivity index (χ1) is 4.04. The third-order valence-electron chi connectivity index (χ3n) is 0.808. The van der Waals surface area contributed by atoms with E-state index in [-0.39, 0.29) is 6.10 Å². The van der Waals surface area contributed by atoms with Crippen molar-refractivity contribution < 1.29 is 14.6 Å². The molecule has 9 heavy (non-hydrogen) atoms. The molecule has 3 nitrogen and oxygen atoms in total. The average Bonchev–Trinajstić information content (AvgIpc) is 1.63. The molecule has 0 bridgehead atoms. The van der Waals surface area contributed by atoms with Crippen molar-refractivity contribution >= 4 is 5.97 Å². The Kier molecular flexibility index (Phi) is 3.24. The van der Waals surface area contributed by atoms with Crippen LogP contribution in [-0.4, -0.2) is 18.2 Å². The molecule has 0 N–H and O–H groups in total. The minimum atomic E-state index is -1.16. The van der Waals surface area contributed by atoms with Crippen LogP contribution in [0.25, 0.3) is 0 Å². The van der Waals surface area contributed by atoms with Crippen LogP contribution >= 0.6 is 0 Å². The highest BCUT2D eigenvalue weighted by atomic mass is 16.5. The number of carbonyl (C=O) groups is 1. The molecule has 3 heteroatoms. The zero-order valence-electron chi connectivity index (χ0n) is 5.88. The van der Waals surface area contributed by atoms with Crippen LogP contribution in [0.5, 0.6) is 0 Å². The van der Waals surface area contributed by atoms with Crippen molar-refractivity contribution in [2.45, 2.75) is 33.0 Å². The molecule has 0 rings (SSSR count). The van der Waals surface area contributed by atoms with Crippen molar-refractivity contribution in [2.75, 3.05) is 0 Å². The Hall–Kier alpha value is -0.570. The lowest BCUT2D eigenvalue weighted by Crippen LogP contribution is -2.36. The highest BCUT2D eigenvalue weighted by Gasteiger charge is 2.03. The third-order valence-corrected chi connectivity index (χ3v) is 0.808. The molecule has 0 saturated carbocycles. The van der Waals surface area contributed by atoms with E-state index in [1.807, 2.05) is 0 Å². The Labute approximate surface area is 54.6 Å². The first kappa shape index (κ1) is 8.43. The summed E-state index contributed by atoms with van der Waals surface area (Å²) in [6.45, 7) is 5.01. The van der Waals surface area contributed by atoms with E-state index >= 15 is 0 Å². The van der Waals surface area contributed by atoms with Crippen molar-refractivity contribution in [1.82, 2.24) is 0 Å². The second-order valence-corrected chi connectivity index (χ2v) is 2.15. The molecule has 0 aliphatic heterocycles. The van der Waals surface area contributed by atoms with E-state index in [0.717, 1.165) is 0 Å². The molecule has 0 fully saturated rings. The predicted molar refractivity (Wildman–Crippen MR) is 30.7 cm³/mol. The molecule has 1 atom stereocenters. The van der Waals surface area contributed by atoms with Crippen LogP contribution in [0.4, 0.5) is 0 Å². The summed E-state index contributed by atoms with van der Waals surface area (Å²) in [6.07, 6.45) is -0.858.